The van der Waals surface area contributed by atoms with Crippen LogP contribution in [0.15, 0.2) is 39.4 Å². The van der Waals surface area contributed by atoms with Crippen LogP contribution in [0.1, 0.15) is 5.56 Å². The van der Waals surface area contributed by atoms with Crippen LogP contribution in [-0.4, -0.2) is 37.5 Å². The van der Waals surface area contributed by atoms with Gasteiger partial charge in [0, 0.05) is 11.6 Å². The van der Waals surface area contributed by atoms with E-state index in [4.69, 9.17) is 16.3 Å². The van der Waals surface area contributed by atoms with Gasteiger partial charge in [0.2, 0.25) is 0 Å². The van der Waals surface area contributed by atoms with Gasteiger partial charge in [0.05, 0.1) is 30.4 Å². The number of nitrogens with one attached hydrogen (secondary N) is 1. The van der Waals surface area contributed by atoms with E-state index in [1.807, 2.05) is 0 Å². The molecule has 0 bridgehead atoms. The summed E-state index contributed by atoms with van der Waals surface area (Å²) in [5.74, 6) is -0.528. The van der Waals surface area contributed by atoms with Crippen LogP contribution in [0, 0.1) is 0 Å². The van der Waals surface area contributed by atoms with Crippen molar-refractivity contribution in [3.63, 3.8) is 0 Å². The van der Waals surface area contributed by atoms with E-state index >= 15 is 0 Å². The number of amidine groups is 1. The van der Waals surface area contributed by atoms with Crippen molar-refractivity contribution in [2.45, 2.75) is 0 Å². The van der Waals surface area contributed by atoms with Gasteiger partial charge < -0.3 is 9.47 Å². The number of amides is 1. The number of carbonyl (C=O) groups excluding carboxylic acids is 2. The number of rotatable bonds is 4. The molecule has 1 aromatic rings. The smallest absolute Gasteiger partial charge is 0.331 e. The van der Waals surface area contributed by atoms with Crippen molar-refractivity contribution in [2.75, 3.05) is 14.2 Å². The van der Waals surface area contributed by atoms with E-state index in [9.17, 15) is 9.59 Å². The molecule has 0 unspecified atom stereocenters. The van der Waals surface area contributed by atoms with Gasteiger partial charge >= 0.3 is 5.97 Å². The summed E-state index contributed by atoms with van der Waals surface area (Å²) in [6.07, 6.45) is 2.53. The summed E-state index contributed by atoms with van der Waals surface area (Å²) < 4.78 is 9.56. The van der Waals surface area contributed by atoms with Crippen molar-refractivity contribution < 1.29 is 19.1 Å². The van der Waals surface area contributed by atoms with Crippen molar-refractivity contribution in [2.24, 2.45) is 10.2 Å². The van der Waals surface area contributed by atoms with Crippen molar-refractivity contribution in [1.82, 2.24) is 5.32 Å². The Morgan fingerprint density at radius 2 is 2.17 bits per heavy atom. The van der Waals surface area contributed by atoms with Gasteiger partial charge in [0.15, 0.2) is 5.17 Å². The normalized spacial score (nSPS) is 17.8. The molecule has 2 rings (SSSR count). The Morgan fingerprint density at radius 1 is 1.39 bits per heavy atom. The van der Waals surface area contributed by atoms with E-state index in [2.05, 4.69) is 20.3 Å². The third-order valence-electron chi connectivity index (χ3n) is 2.66. The molecule has 1 aromatic carbocycles. The standard InChI is InChI=1S/C14H12ClN3O4S/c1-21-9-5-3-4-8(12(9)15)7-16-18-14-17-13(20)10(23-14)6-11(19)22-2/h3-7H,1-2H3,(H,17,18,20)/b10-6+,16-7?. The van der Waals surface area contributed by atoms with Crippen molar-refractivity contribution in [3.8, 4) is 5.75 Å². The van der Waals surface area contributed by atoms with Crippen molar-refractivity contribution >= 4 is 46.6 Å². The van der Waals surface area contributed by atoms with Gasteiger partial charge in [0.25, 0.3) is 5.91 Å². The van der Waals surface area contributed by atoms with Crippen LogP contribution in [0.3, 0.4) is 0 Å². The quantitative estimate of drug-likeness (QED) is 0.387. The minimum absolute atomic E-state index is 0.185. The van der Waals surface area contributed by atoms with Crippen molar-refractivity contribution in [1.29, 1.82) is 0 Å². The molecule has 0 atom stereocenters. The zero-order chi connectivity index (χ0) is 16.8. The fourth-order valence-corrected chi connectivity index (χ4v) is 2.56. The molecular weight excluding hydrogens is 342 g/mol. The van der Waals surface area contributed by atoms with Crippen molar-refractivity contribution in [3.05, 3.63) is 39.8 Å². The highest BCUT2D eigenvalue weighted by molar-refractivity contribution is 8.18. The molecule has 0 saturated carbocycles. The fourth-order valence-electron chi connectivity index (χ4n) is 1.57. The lowest BCUT2D eigenvalue weighted by molar-refractivity contribution is -0.135. The second-order valence-electron chi connectivity index (χ2n) is 4.10. The molecule has 0 aromatic heterocycles. The molecular formula is C14H12ClN3O4S. The predicted octanol–water partition coefficient (Wildman–Crippen LogP) is 1.96. The number of benzene rings is 1. The summed E-state index contributed by atoms with van der Waals surface area (Å²) in [6.45, 7) is 0. The lowest BCUT2D eigenvalue weighted by Crippen LogP contribution is -2.19. The third kappa shape index (κ3) is 4.33. The maximum absolute atomic E-state index is 11.6. The minimum Gasteiger partial charge on any atom is -0.495 e. The SMILES string of the molecule is COC(=O)/C=C1/S/C(=N\N=Cc2cccc(OC)c2Cl)NC1=O. The largest absolute Gasteiger partial charge is 0.495 e. The summed E-state index contributed by atoms with van der Waals surface area (Å²) in [7, 11) is 2.75. The highest BCUT2D eigenvalue weighted by atomic mass is 35.5. The van der Waals surface area contributed by atoms with Gasteiger partial charge in [-0.25, -0.2) is 4.79 Å². The molecule has 0 aliphatic carbocycles. The van der Waals surface area contributed by atoms with Crippen LogP contribution < -0.4 is 10.1 Å². The molecule has 23 heavy (non-hydrogen) atoms. The lowest BCUT2D eigenvalue weighted by Gasteiger charge is -2.03. The van der Waals surface area contributed by atoms with E-state index in [-0.39, 0.29) is 10.1 Å². The minimum atomic E-state index is -0.615. The number of nitrogens with zero attached hydrogens (tertiary/aromatic N) is 2. The highest BCUT2D eigenvalue weighted by Gasteiger charge is 2.24. The first-order valence-electron chi connectivity index (χ1n) is 6.27. The van der Waals surface area contributed by atoms with E-state index in [1.54, 1.807) is 18.2 Å². The second kappa shape index (κ2) is 7.80. The predicted molar refractivity (Wildman–Crippen MR) is 88.9 cm³/mol. The first-order valence-corrected chi connectivity index (χ1v) is 7.47. The maximum atomic E-state index is 11.6. The van der Waals surface area contributed by atoms with E-state index in [0.717, 1.165) is 17.8 Å². The molecule has 1 saturated heterocycles. The number of hydrogen-bond donors (Lipinski definition) is 1. The van der Waals surface area contributed by atoms with E-state index in [0.29, 0.717) is 16.3 Å². The van der Waals surface area contributed by atoms with Gasteiger partial charge in [-0.15, -0.1) is 5.10 Å². The van der Waals surface area contributed by atoms with E-state index < -0.39 is 11.9 Å². The molecule has 0 radical (unpaired) electrons. The number of halogens is 1. The molecule has 1 N–H and O–H groups in total. The van der Waals surface area contributed by atoms with Crippen LogP contribution in [-0.2, 0) is 14.3 Å². The summed E-state index contributed by atoms with van der Waals surface area (Å²) in [5, 5.41) is 10.9. The van der Waals surface area contributed by atoms with Gasteiger partial charge in [-0.2, -0.15) is 5.10 Å². The Morgan fingerprint density at radius 3 is 2.87 bits per heavy atom. The molecule has 0 spiro atoms. The summed E-state index contributed by atoms with van der Waals surface area (Å²) in [4.78, 5) is 22.9. The van der Waals surface area contributed by atoms with Crippen LogP contribution in [0.2, 0.25) is 5.02 Å². The van der Waals surface area contributed by atoms with Gasteiger partial charge in [-0.1, -0.05) is 23.7 Å². The molecule has 1 aliphatic heterocycles. The lowest BCUT2D eigenvalue weighted by atomic mass is 10.2. The summed E-state index contributed by atoms with van der Waals surface area (Å²) in [6, 6.07) is 5.24. The Balaban J connectivity index is 2.11. The molecule has 1 fully saturated rings. The number of carbonyl (C=O) groups is 2. The van der Waals surface area contributed by atoms with Gasteiger partial charge in [-0.05, 0) is 17.8 Å². The first kappa shape index (κ1) is 17.0. The van der Waals surface area contributed by atoms with Crippen LogP contribution in [0.25, 0.3) is 0 Å². The molecule has 120 valence electrons. The molecule has 1 aliphatic rings. The number of esters is 1. The summed E-state index contributed by atoms with van der Waals surface area (Å²) >= 11 is 7.11. The van der Waals surface area contributed by atoms with Crippen LogP contribution >= 0.6 is 23.4 Å². The first-order chi connectivity index (χ1) is 11.0. The van der Waals surface area contributed by atoms with Gasteiger partial charge in [0.1, 0.15) is 5.75 Å². The monoisotopic (exact) mass is 353 g/mol. The van der Waals surface area contributed by atoms with Crippen LogP contribution in [0.4, 0.5) is 0 Å². The topological polar surface area (TPSA) is 89.3 Å². The second-order valence-corrected chi connectivity index (χ2v) is 5.51. The Labute approximate surface area is 141 Å². The Bertz CT molecular complexity index is 731. The zero-order valence-electron chi connectivity index (χ0n) is 12.2. The zero-order valence-corrected chi connectivity index (χ0v) is 13.8. The van der Waals surface area contributed by atoms with Gasteiger partial charge in [-0.3, -0.25) is 10.1 Å². The molecule has 7 nitrogen and oxygen atoms in total. The number of methoxy groups -OCH3 is 2. The average Bonchev–Trinajstić information content (AvgIpc) is 2.88. The third-order valence-corrected chi connectivity index (χ3v) is 3.96. The Kier molecular flexibility index (Phi) is 5.78. The number of ether oxygens (including phenoxy) is 2. The summed E-state index contributed by atoms with van der Waals surface area (Å²) in [5.41, 5.74) is 0.620. The number of thioether (sulfide) groups is 1. The fraction of sp³-hybridized carbons (Fsp3) is 0.143. The molecule has 1 heterocycles. The average molecular weight is 354 g/mol. The maximum Gasteiger partial charge on any atom is 0.331 e. The Hall–Kier alpha value is -2.32. The highest BCUT2D eigenvalue weighted by Crippen LogP contribution is 2.27. The molecule has 9 heteroatoms. The van der Waals surface area contributed by atoms with Crippen LogP contribution in [0.5, 0.6) is 5.75 Å². The number of hydrogen-bond acceptors (Lipinski definition) is 7. The molecule has 1 amide bonds. The van der Waals surface area contributed by atoms with E-state index in [1.165, 1.54) is 20.4 Å².